The number of hydrogen-bond acceptors (Lipinski definition) is 1. The SMILES string of the molecule is Cc1cc(C)c(C(=O)C(C)C)c(C)c1Br. The van der Waals surface area contributed by atoms with Crippen molar-refractivity contribution in [3.8, 4) is 0 Å². The van der Waals surface area contributed by atoms with E-state index < -0.39 is 0 Å². The van der Waals surface area contributed by atoms with E-state index in [0.717, 1.165) is 21.2 Å². The lowest BCUT2D eigenvalue weighted by molar-refractivity contribution is 0.0938. The Morgan fingerprint density at radius 1 is 1.20 bits per heavy atom. The number of Topliss-reactive ketones (excluding diaryl/α,β-unsaturated/α-hetero) is 1. The monoisotopic (exact) mass is 268 g/mol. The molecule has 0 N–H and O–H groups in total. The zero-order valence-corrected chi connectivity index (χ0v) is 11.5. The molecule has 0 atom stereocenters. The van der Waals surface area contributed by atoms with Gasteiger partial charge in [0.2, 0.25) is 0 Å². The summed E-state index contributed by atoms with van der Waals surface area (Å²) in [6, 6.07) is 2.06. The van der Waals surface area contributed by atoms with E-state index in [0.29, 0.717) is 0 Å². The molecule has 0 heterocycles. The normalized spacial score (nSPS) is 10.9. The summed E-state index contributed by atoms with van der Waals surface area (Å²) in [5.74, 6) is 0.280. The molecule has 0 bridgehead atoms. The highest BCUT2D eigenvalue weighted by Gasteiger charge is 2.18. The molecule has 0 saturated heterocycles. The maximum absolute atomic E-state index is 12.0. The van der Waals surface area contributed by atoms with Crippen molar-refractivity contribution in [1.82, 2.24) is 0 Å². The summed E-state index contributed by atoms with van der Waals surface area (Å²) < 4.78 is 1.05. The predicted molar refractivity (Wildman–Crippen MR) is 67.5 cm³/mol. The van der Waals surface area contributed by atoms with Crippen LogP contribution in [-0.2, 0) is 0 Å². The van der Waals surface area contributed by atoms with Crippen molar-refractivity contribution in [2.45, 2.75) is 34.6 Å². The lowest BCUT2D eigenvalue weighted by Crippen LogP contribution is -2.12. The van der Waals surface area contributed by atoms with Crippen molar-refractivity contribution < 1.29 is 4.79 Å². The van der Waals surface area contributed by atoms with Gasteiger partial charge < -0.3 is 0 Å². The third kappa shape index (κ3) is 2.31. The van der Waals surface area contributed by atoms with E-state index >= 15 is 0 Å². The van der Waals surface area contributed by atoms with Gasteiger partial charge >= 0.3 is 0 Å². The zero-order valence-electron chi connectivity index (χ0n) is 9.94. The van der Waals surface area contributed by atoms with Crippen LogP contribution in [0.15, 0.2) is 10.5 Å². The summed E-state index contributed by atoms with van der Waals surface area (Å²) in [5.41, 5.74) is 4.20. The molecule has 1 nitrogen and oxygen atoms in total. The molecule has 0 aliphatic heterocycles. The van der Waals surface area contributed by atoms with Gasteiger partial charge in [-0.15, -0.1) is 0 Å². The molecule has 0 aromatic heterocycles. The number of hydrogen-bond donors (Lipinski definition) is 0. The van der Waals surface area contributed by atoms with Gasteiger partial charge in [0, 0.05) is 16.0 Å². The lowest BCUT2D eigenvalue weighted by atomic mass is 9.92. The summed E-state index contributed by atoms with van der Waals surface area (Å²) in [6.07, 6.45) is 0. The summed E-state index contributed by atoms with van der Waals surface area (Å²) in [5, 5.41) is 0. The summed E-state index contributed by atoms with van der Waals surface area (Å²) in [4.78, 5) is 12.0. The number of rotatable bonds is 2. The quantitative estimate of drug-likeness (QED) is 0.735. The molecule has 0 radical (unpaired) electrons. The molecule has 15 heavy (non-hydrogen) atoms. The zero-order chi connectivity index (χ0) is 11.7. The minimum atomic E-state index is 0.0528. The van der Waals surface area contributed by atoms with Crippen LogP contribution in [0.4, 0.5) is 0 Å². The fourth-order valence-corrected chi connectivity index (χ4v) is 2.14. The maximum atomic E-state index is 12.0. The van der Waals surface area contributed by atoms with Gasteiger partial charge in [0.15, 0.2) is 5.78 Å². The van der Waals surface area contributed by atoms with E-state index in [1.165, 1.54) is 5.56 Å². The molecular weight excluding hydrogens is 252 g/mol. The molecule has 0 spiro atoms. The Morgan fingerprint density at radius 2 is 1.73 bits per heavy atom. The number of benzene rings is 1. The Morgan fingerprint density at radius 3 is 2.20 bits per heavy atom. The van der Waals surface area contributed by atoms with E-state index in [4.69, 9.17) is 0 Å². The molecule has 0 aliphatic rings. The van der Waals surface area contributed by atoms with E-state index in [2.05, 4.69) is 22.0 Å². The largest absolute Gasteiger partial charge is 0.294 e. The summed E-state index contributed by atoms with van der Waals surface area (Å²) in [7, 11) is 0. The number of ketones is 1. The minimum absolute atomic E-state index is 0.0528. The van der Waals surface area contributed by atoms with Gasteiger partial charge in [0.05, 0.1) is 0 Å². The average molecular weight is 269 g/mol. The molecule has 0 saturated carbocycles. The van der Waals surface area contributed by atoms with Crippen molar-refractivity contribution >= 4 is 21.7 Å². The van der Waals surface area contributed by atoms with E-state index in [1.807, 2.05) is 34.6 Å². The molecule has 0 fully saturated rings. The van der Waals surface area contributed by atoms with Crippen molar-refractivity contribution in [3.05, 3.63) is 32.8 Å². The Hall–Kier alpha value is -0.630. The molecule has 0 unspecified atom stereocenters. The second-order valence-electron chi connectivity index (χ2n) is 4.34. The first kappa shape index (κ1) is 12.4. The first-order valence-corrected chi connectivity index (χ1v) is 5.96. The third-order valence-electron chi connectivity index (χ3n) is 2.65. The molecule has 0 aliphatic carbocycles. The Labute approximate surface area is 100 Å². The Kier molecular flexibility index (Phi) is 3.72. The molecule has 1 rings (SSSR count). The van der Waals surface area contributed by atoms with Crippen LogP contribution in [0.2, 0.25) is 0 Å². The third-order valence-corrected chi connectivity index (χ3v) is 3.87. The molecule has 1 aromatic carbocycles. The first-order valence-electron chi connectivity index (χ1n) is 5.16. The fraction of sp³-hybridized carbons (Fsp3) is 0.462. The number of halogens is 1. The highest BCUT2D eigenvalue weighted by Crippen LogP contribution is 2.28. The first-order chi connectivity index (χ1) is 6.86. The van der Waals surface area contributed by atoms with E-state index in [-0.39, 0.29) is 11.7 Å². The lowest BCUT2D eigenvalue weighted by Gasteiger charge is -2.14. The van der Waals surface area contributed by atoms with Crippen molar-refractivity contribution in [3.63, 3.8) is 0 Å². The van der Waals surface area contributed by atoms with E-state index in [1.54, 1.807) is 0 Å². The second kappa shape index (κ2) is 4.48. The minimum Gasteiger partial charge on any atom is -0.294 e. The van der Waals surface area contributed by atoms with Crippen molar-refractivity contribution in [2.75, 3.05) is 0 Å². The van der Waals surface area contributed by atoms with Crippen LogP contribution < -0.4 is 0 Å². The summed E-state index contributed by atoms with van der Waals surface area (Å²) >= 11 is 3.53. The van der Waals surface area contributed by atoms with Gasteiger partial charge in [0.25, 0.3) is 0 Å². The highest BCUT2D eigenvalue weighted by molar-refractivity contribution is 9.10. The van der Waals surface area contributed by atoms with Crippen LogP contribution in [0.1, 0.15) is 40.9 Å². The van der Waals surface area contributed by atoms with Gasteiger partial charge in [-0.2, -0.15) is 0 Å². The van der Waals surface area contributed by atoms with E-state index in [9.17, 15) is 4.79 Å². The summed E-state index contributed by atoms with van der Waals surface area (Å²) in [6.45, 7) is 9.93. The molecule has 1 aromatic rings. The van der Waals surface area contributed by atoms with Gasteiger partial charge in [-0.05, 0) is 37.5 Å². The average Bonchev–Trinajstić information content (AvgIpc) is 2.14. The second-order valence-corrected chi connectivity index (χ2v) is 5.14. The van der Waals surface area contributed by atoms with Crippen LogP contribution in [0, 0.1) is 26.7 Å². The van der Waals surface area contributed by atoms with Crippen molar-refractivity contribution in [1.29, 1.82) is 0 Å². The van der Waals surface area contributed by atoms with Crippen LogP contribution >= 0.6 is 15.9 Å². The van der Waals surface area contributed by atoms with Crippen LogP contribution in [0.5, 0.6) is 0 Å². The maximum Gasteiger partial charge on any atom is 0.165 e. The van der Waals surface area contributed by atoms with Gasteiger partial charge in [-0.25, -0.2) is 0 Å². The highest BCUT2D eigenvalue weighted by atomic mass is 79.9. The van der Waals surface area contributed by atoms with Gasteiger partial charge in [0.1, 0.15) is 0 Å². The van der Waals surface area contributed by atoms with Crippen LogP contribution in [-0.4, -0.2) is 5.78 Å². The fourth-order valence-electron chi connectivity index (χ4n) is 1.83. The van der Waals surface area contributed by atoms with Gasteiger partial charge in [-0.1, -0.05) is 35.8 Å². The number of carbonyl (C=O) groups excluding carboxylic acids is 1. The Bertz CT molecular complexity index is 405. The molecule has 0 amide bonds. The predicted octanol–water partition coefficient (Wildman–Crippen LogP) is 4.21. The number of carbonyl (C=O) groups is 1. The number of aryl methyl sites for hydroxylation is 2. The molecule has 82 valence electrons. The Balaban J connectivity index is 3.43. The smallest absolute Gasteiger partial charge is 0.165 e. The van der Waals surface area contributed by atoms with Crippen LogP contribution in [0.25, 0.3) is 0 Å². The van der Waals surface area contributed by atoms with Crippen LogP contribution in [0.3, 0.4) is 0 Å². The topological polar surface area (TPSA) is 17.1 Å². The van der Waals surface area contributed by atoms with Gasteiger partial charge in [-0.3, -0.25) is 4.79 Å². The standard InChI is InChI=1S/C13H17BrO/c1-7(2)13(15)11-8(3)6-9(4)12(14)10(11)5/h6-7H,1-5H3. The molecular formula is C13H17BrO. The molecule has 2 heteroatoms. The van der Waals surface area contributed by atoms with Crippen molar-refractivity contribution in [2.24, 2.45) is 5.92 Å².